The van der Waals surface area contributed by atoms with Gasteiger partial charge in [-0.2, -0.15) is 0 Å². The zero-order valence-electron chi connectivity index (χ0n) is 19.2. The Balaban J connectivity index is 1.47. The second-order valence-electron chi connectivity index (χ2n) is 9.07. The quantitative estimate of drug-likeness (QED) is 0.447. The number of ketones is 1. The van der Waals surface area contributed by atoms with Crippen LogP contribution in [0.3, 0.4) is 0 Å². The van der Waals surface area contributed by atoms with Crippen LogP contribution in [-0.4, -0.2) is 66.9 Å². The van der Waals surface area contributed by atoms with Crippen molar-refractivity contribution in [3.05, 3.63) is 30.0 Å². The molecule has 1 aliphatic carbocycles. The van der Waals surface area contributed by atoms with Crippen LogP contribution in [0.2, 0.25) is 0 Å². The van der Waals surface area contributed by atoms with E-state index in [1.807, 2.05) is 0 Å². The van der Waals surface area contributed by atoms with Crippen molar-refractivity contribution in [3.63, 3.8) is 0 Å². The van der Waals surface area contributed by atoms with Crippen molar-refractivity contribution < 1.29 is 23.9 Å². The molecule has 8 nitrogen and oxygen atoms in total. The number of hydrogen-bond acceptors (Lipinski definition) is 5. The Morgan fingerprint density at radius 3 is 2.70 bits per heavy atom. The molecule has 2 heterocycles. The number of nitrogens with one attached hydrogen (secondary N) is 2. The standard InChI is InChI=1S/C25H33N3O5/c1-32-18-9-10-20-21(14-26-22(20)12-18)24(30)25(31)28(15-17-6-3-2-4-7-17)16-23(29)27-13-19-8-5-11-33-19/h9-10,12,14,17,19,26H,2-8,11,13,15-16H2,1H3,(H,27,29). The zero-order chi connectivity index (χ0) is 23.2. The number of carbonyl (C=O) groups is 3. The number of Topliss-reactive ketones (excluding diaryl/α,β-unsaturated/α-hetero) is 1. The van der Waals surface area contributed by atoms with Crippen molar-refractivity contribution in [3.8, 4) is 5.75 Å². The first-order valence-corrected chi connectivity index (χ1v) is 11.9. The summed E-state index contributed by atoms with van der Waals surface area (Å²) in [7, 11) is 1.58. The van der Waals surface area contributed by atoms with E-state index in [9.17, 15) is 14.4 Å². The number of benzene rings is 1. The van der Waals surface area contributed by atoms with Gasteiger partial charge in [-0.05, 0) is 43.7 Å². The number of aromatic nitrogens is 1. The Bertz CT molecular complexity index is 989. The SMILES string of the molecule is COc1ccc2c(C(=O)C(=O)N(CC(=O)NCC3CCCO3)CC3CCCCC3)c[nH]c2c1. The molecule has 0 bridgehead atoms. The summed E-state index contributed by atoms with van der Waals surface area (Å²) in [6.45, 7) is 1.46. The maximum absolute atomic E-state index is 13.3. The summed E-state index contributed by atoms with van der Waals surface area (Å²) in [4.78, 5) is 43.7. The summed E-state index contributed by atoms with van der Waals surface area (Å²) in [5.41, 5.74) is 1.03. The third kappa shape index (κ3) is 5.74. The highest BCUT2D eigenvalue weighted by Crippen LogP contribution is 2.26. The van der Waals surface area contributed by atoms with E-state index >= 15 is 0 Å². The Morgan fingerprint density at radius 2 is 1.97 bits per heavy atom. The average Bonchev–Trinajstić information content (AvgIpc) is 3.51. The van der Waals surface area contributed by atoms with Crippen molar-refractivity contribution >= 4 is 28.5 Å². The highest BCUT2D eigenvalue weighted by atomic mass is 16.5. The van der Waals surface area contributed by atoms with Gasteiger partial charge in [-0.15, -0.1) is 0 Å². The fraction of sp³-hybridized carbons (Fsp3) is 0.560. The molecular formula is C25H33N3O5. The molecule has 178 valence electrons. The fourth-order valence-corrected chi connectivity index (χ4v) is 4.84. The molecule has 33 heavy (non-hydrogen) atoms. The largest absolute Gasteiger partial charge is 0.497 e. The predicted molar refractivity (Wildman–Crippen MR) is 124 cm³/mol. The third-order valence-corrected chi connectivity index (χ3v) is 6.70. The second kappa shape index (κ2) is 10.8. The minimum absolute atomic E-state index is 0.0290. The molecule has 2 amide bonds. The van der Waals surface area contributed by atoms with Crippen LogP contribution in [0, 0.1) is 5.92 Å². The van der Waals surface area contributed by atoms with E-state index in [1.165, 1.54) is 11.3 Å². The Hall–Kier alpha value is -2.87. The highest BCUT2D eigenvalue weighted by molar-refractivity contribution is 6.45. The lowest BCUT2D eigenvalue weighted by Gasteiger charge is -2.29. The van der Waals surface area contributed by atoms with Crippen LogP contribution in [-0.2, 0) is 14.3 Å². The van der Waals surface area contributed by atoms with Crippen LogP contribution >= 0.6 is 0 Å². The number of aromatic amines is 1. The third-order valence-electron chi connectivity index (χ3n) is 6.70. The average molecular weight is 456 g/mol. The van der Waals surface area contributed by atoms with E-state index in [0.29, 0.717) is 35.7 Å². The van der Waals surface area contributed by atoms with Gasteiger partial charge in [0.2, 0.25) is 5.91 Å². The van der Waals surface area contributed by atoms with E-state index in [1.54, 1.807) is 31.5 Å². The minimum Gasteiger partial charge on any atom is -0.497 e. The van der Waals surface area contributed by atoms with Gasteiger partial charge in [-0.1, -0.05) is 19.3 Å². The number of hydrogen-bond donors (Lipinski definition) is 2. The van der Waals surface area contributed by atoms with Crippen LogP contribution in [0.4, 0.5) is 0 Å². The molecule has 2 aliphatic rings. The Labute approximate surface area is 194 Å². The number of nitrogens with zero attached hydrogens (tertiary/aromatic N) is 1. The van der Waals surface area contributed by atoms with Crippen molar-refractivity contribution in [2.45, 2.75) is 51.0 Å². The van der Waals surface area contributed by atoms with Gasteiger partial charge >= 0.3 is 0 Å². The summed E-state index contributed by atoms with van der Waals surface area (Å²) >= 11 is 0. The van der Waals surface area contributed by atoms with E-state index in [4.69, 9.17) is 9.47 Å². The minimum atomic E-state index is -0.635. The van der Waals surface area contributed by atoms with Crippen LogP contribution in [0.1, 0.15) is 55.3 Å². The lowest BCUT2D eigenvalue weighted by Crippen LogP contribution is -2.47. The first kappa shape index (κ1) is 23.3. The van der Waals surface area contributed by atoms with Gasteiger partial charge in [0, 0.05) is 42.9 Å². The number of amides is 2. The molecule has 2 aromatic rings. The van der Waals surface area contributed by atoms with Crippen LogP contribution < -0.4 is 10.1 Å². The Kier molecular flexibility index (Phi) is 7.65. The summed E-state index contributed by atoms with van der Waals surface area (Å²) in [5.74, 6) is -0.518. The molecule has 1 aromatic heterocycles. The summed E-state index contributed by atoms with van der Waals surface area (Å²) in [6.07, 6.45) is 8.98. The molecule has 0 spiro atoms. The number of rotatable bonds is 9. The number of carbonyl (C=O) groups excluding carboxylic acids is 3. The number of ether oxygens (including phenoxy) is 2. The molecule has 8 heteroatoms. The van der Waals surface area contributed by atoms with Crippen molar-refractivity contribution in [1.82, 2.24) is 15.2 Å². The van der Waals surface area contributed by atoms with Gasteiger partial charge in [0.15, 0.2) is 0 Å². The fourth-order valence-electron chi connectivity index (χ4n) is 4.84. The number of H-pyrrole nitrogens is 1. The number of methoxy groups -OCH3 is 1. The van der Waals surface area contributed by atoms with Crippen LogP contribution in [0.25, 0.3) is 10.9 Å². The summed E-state index contributed by atoms with van der Waals surface area (Å²) in [5, 5.41) is 3.54. The van der Waals surface area contributed by atoms with E-state index in [0.717, 1.165) is 50.6 Å². The molecule has 2 N–H and O–H groups in total. The monoisotopic (exact) mass is 455 g/mol. The van der Waals surface area contributed by atoms with Gasteiger partial charge in [0.25, 0.3) is 11.7 Å². The topological polar surface area (TPSA) is 101 Å². The van der Waals surface area contributed by atoms with E-state index in [2.05, 4.69) is 10.3 Å². The maximum atomic E-state index is 13.3. The molecule has 1 unspecified atom stereocenters. The molecule has 1 aromatic carbocycles. The van der Waals surface area contributed by atoms with Crippen LogP contribution in [0.5, 0.6) is 5.75 Å². The number of fused-ring (bicyclic) bond motifs is 1. The lowest BCUT2D eigenvalue weighted by atomic mass is 9.89. The Morgan fingerprint density at radius 1 is 1.15 bits per heavy atom. The van der Waals surface area contributed by atoms with Gasteiger partial charge in [0.1, 0.15) is 5.75 Å². The molecule has 1 aliphatic heterocycles. The predicted octanol–water partition coefficient (Wildman–Crippen LogP) is 3.06. The normalized spacial score (nSPS) is 18.9. The lowest BCUT2D eigenvalue weighted by molar-refractivity contribution is -0.133. The molecule has 2 fully saturated rings. The van der Waals surface area contributed by atoms with E-state index in [-0.39, 0.29) is 18.6 Å². The van der Waals surface area contributed by atoms with Gasteiger partial charge < -0.3 is 24.7 Å². The first-order valence-electron chi connectivity index (χ1n) is 11.9. The van der Waals surface area contributed by atoms with Crippen molar-refractivity contribution in [1.29, 1.82) is 0 Å². The molecule has 4 rings (SSSR count). The first-order chi connectivity index (χ1) is 16.0. The summed E-state index contributed by atoms with van der Waals surface area (Å²) < 4.78 is 10.8. The van der Waals surface area contributed by atoms with Gasteiger partial charge in [-0.3, -0.25) is 14.4 Å². The molecule has 1 saturated carbocycles. The molecule has 1 atom stereocenters. The smallest absolute Gasteiger partial charge is 0.295 e. The zero-order valence-corrected chi connectivity index (χ0v) is 19.2. The van der Waals surface area contributed by atoms with Crippen molar-refractivity contribution in [2.24, 2.45) is 5.92 Å². The molecular weight excluding hydrogens is 422 g/mol. The maximum Gasteiger partial charge on any atom is 0.295 e. The second-order valence-corrected chi connectivity index (χ2v) is 9.07. The summed E-state index contributed by atoms with van der Waals surface area (Å²) in [6, 6.07) is 5.32. The van der Waals surface area contributed by atoms with Gasteiger partial charge in [-0.25, -0.2) is 0 Å². The van der Waals surface area contributed by atoms with E-state index < -0.39 is 11.7 Å². The van der Waals surface area contributed by atoms with Crippen LogP contribution in [0.15, 0.2) is 24.4 Å². The van der Waals surface area contributed by atoms with Gasteiger partial charge in [0.05, 0.1) is 25.3 Å². The highest BCUT2D eigenvalue weighted by Gasteiger charge is 2.30. The molecule has 1 saturated heterocycles. The molecule has 0 radical (unpaired) electrons. The van der Waals surface area contributed by atoms with Crippen molar-refractivity contribution in [2.75, 3.05) is 33.4 Å².